The van der Waals surface area contributed by atoms with Crippen molar-refractivity contribution in [1.82, 2.24) is 4.90 Å². The van der Waals surface area contributed by atoms with E-state index in [-0.39, 0.29) is 24.1 Å². The molecule has 0 saturated carbocycles. The van der Waals surface area contributed by atoms with E-state index in [1.54, 1.807) is 11.9 Å². The molecule has 0 aromatic heterocycles. The second kappa shape index (κ2) is 5.87. The molecular formula is C13H17N3O4. The van der Waals surface area contributed by atoms with Crippen molar-refractivity contribution in [3.8, 4) is 0 Å². The molecule has 1 unspecified atom stereocenters. The summed E-state index contributed by atoms with van der Waals surface area (Å²) in [6.45, 7) is 1.21. The van der Waals surface area contributed by atoms with Gasteiger partial charge in [-0.2, -0.15) is 0 Å². The van der Waals surface area contributed by atoms with Crippen molar-refractivity contribution in [3.05, 3.63) is 33.9 Å². The van der Waals surface area contributed by atoms with Crippen LogP contribution in [0, 0.1) is 16.0 Å². The molecule has 20 heavy (non-hydrogen) atoms. The zero-order valence-corrected chi connectivity index (χ0v) is 11.2. The van der Waals surface area contributed by atoms with E-state index < -0.39 is 4.92 Å². The minimum Gasteiger partial charge on any atom is -0.396 e. The Labute approximate surface area is 116 Å². The van der Waals surface area contributed by atoms with E-state index in [0.29, 0.717) is 24.3 Å². The fraction of sp³-hybridized carbons (Fsp3) is 0.462. The minimum atomic E-state index is -0.488. The predicted molar refractivity (Wildman–Crippen MR) is 73.7 cm³/mol. The number of rotatable bonds is 4. The zero-order valence-electron chi connectivity index (χ0n) is 11.2. The average molecular weight is 279 g/mol. The summed E-state index contributed by atoms with van der Waals surface area (Å²) in [5.41, 5.74) is 0.677. The van der Waals surface area contributed by atoms with Gasteiger partial charge in [0.25, 0.3) is 11.6 Å². The van der Waals surface area contributed by atoms with Crippen LogP contribution in [-0.4, -0.2) is 47.6 Å². The van der Waals surface area contributed by atoms with Gasteiger partial charge in [-0.25, -0.2) is 0 Å². The zero-order chi connectivity index (χ0) is 14.7. The third-order valence-electron chi connectivity index (χ3n) is 3.54. The molecule has 1 heterocycles. The molecule has 0 bridgehead atoms. The van der Waals surface area contributed by atoms with Crippen LogP contribution in [0.15, 0.2) is 18.2 Å². The summed E-state index contributed by atoms with van der Waals surface area (Å²) in [5, 5.41) is 22.7. The number of amides is 1. The predicted octanol–water partition coefficient (Wildman–Crippen LogP) is 1.09. The fourth-order valence-corrected chi connectivity index (χ4v) is 2.38. The third-order valence-corrected chi connectivity index (χ3v) is 3.54. The summed E-state index contributed by atoms with van der Waals surface area (Å²) in [7, 11) is 1.58. The summed E-state index contributed by atoms with van der Waals surface area (Å²) < 4.78 is 0. The standard InChI is InChI=1S/C13H17N3O4/c1-14-11-6-10(2-3-12(11)16(19)20)13(18)15-5-4-9(7-15)8-17/h2-3,6,9,14,17H,4-5,7-8H2,1H3. The highest BCUT2D eigenvalue weighted by molar-refractivity contribution is 5.96. The van der Waals surface area contributed by atoms with E-state index in [9.17, 15) is 14.9 Å². The molecule has 1 aromatic rings. The molecule has 0 spiro atoms. The number of nitro groups is 1. The second-order valence-corrected chi connectivity index (χ2v) is 4.83. The molecule has 108 valence electrons. The quantitative estimate of drug-likeness (QED) is 0.635. The molecule has 2 N–H and O–H groups in total. The van der Waals surface area contributed by atoms with E-state index >= 15 is 0 Å². The molecule has 1 aliphatic rings. The molecule has 1 fully saturated rings. The van der Waals surface area contributed by atoms with Gasteiger partial charge in [-0.15, -0.1) is 0 Å². The Morgan fingerprint density at radius 3 is 2.90 bits per heavy atom. The molecule has 0 radical (unpaired) electrons. The number of hydrogen-bond donors (Lipinski definition) is 2. The van der Waals surface area contributed by atoms with Gasteiger partial charge in [-0.1, -0.05) is 0 Å². The monoisotopic (exact) mass is 279 g/mol. The van der Waals surface area contributed by atoms with Crippen molar-refractivity contribution in [1.29, 1.82) is 0 Å². The van der Waals surface area contributed by atoms with Gasteiger partial charge >= 0.3 is 0 Å². The first-order valence-corrected chi connectivity index (χ1v) is 6.43. The van der Waals surface area contributed by atoms with Crippen LogP contribution in [0.3, 0.4) is 0 Å². The summed E-state index contributed by atoms with van der Waals surface area (Å²) in [6.07, 6.45) is 0.786. The van der Waals surface area contributed by atoms with Crippen LogP contribution in [-0.2, 0) is 0 Å². The van der Waals surface area contributed by atoms with Crippen LogP contribution in [0.5, 0.6) is 0 Å². The number of likely N-dealkylation sites (tertiary alicyclic amines) is 1. The van der Waals surface area contributed by atoms with Crippen molar-refractivity contribution in [3.63, 3.8) is 0 Å². The second-order valence-electron chi connectivity index (χ2n) is 4.83. The van der Waals surface area contributed by atoms with Crippen LogP contribution in [0.25, 0.3) is 0 Å². The van der Waals surface area contributed by atoms with Crippen molar-refractivity contribution >= 4 is 17.3 Å². The summed E-state index contributed by atoms with van der Waals surface area (Å²) in [6, 6.07) is 4.29. The fourth-order valence-electron chi connectivity index (χ4n) is 2.38. The Balaban J connectivity index is 2.21. The SMILES string of the molecule is CNc1cc(C(=O)N2CCC(CO)C2)ccc1[N+](=O)[O-]. The summed E-state index contributed by atoms with van der Waals surface area (Å²) >= 11 is 0. The molecule has 1 amide bonds. The first kappa shape index (κ1) is 14.3. The Morgan fingerprint density at radius 1 is 1.60 bits per heavy atom. The lowest BCUT2D eigenvalue weighted by atomic mass is 10.1. The maximum atomic E-state index is 12.3. The lowest BCUT2D eigenvalue weighted by Gasteiger charge is -2.16. The van der Waals surface area contributed by atoms with Gasteiger partial charge in [0.2, 0.25) is 0 Å². The molecule has 1 saturated heterocycles. The van der Waals surface area contributed by atoms with E-state index in [0.717, 1.165) is 6.42 Å². The summed E-state index contributed by atoms with van der Waals surface area (Å²) in [4.78, 5) is 24.3. The molecule has 7 nitrogen and oxygen atoms in total. The molecule has 1 aromatic carbocycles. The van der Waals surface area contributed by atoms with Gasteiger partial charge in [0.1, 0.15) is 5.69 Å². The highest BCUT2D eigenvalue weighted by atomic mass is 16.6. The lowest BCUT2D eigenvalue weighted by Crippen LogP contribution is -2.29. The lowest BCUT2D eigenvalue weighted by molar-refractivity contribution is -0.383. The first-order chi connectivity index (χ1) is 9.56. The van der Waals surface area contributed by atoms with E-state index in [2.05, 4.69) is 5.32 Å². The van der Waals surface area contributed by atoms with Crippen molar-refractivity contribution in [2.45, 2.75) is 6.42 Å². The highest BCUT2D eigenvalue weighted by Crippen LogP contribution is 2.26. The maximum absolute atomic E-state index is 12.3. The number of carbonyl (C=O) groups excluding carboxylic acids is 1. The van der Waals surface area contributed by atoms with Crippen LogP contribution in [0.2, 0.25) is 0 Å². The Hall–Kier alpha value is -2.15. The van der Waals surface area contributed by atoms with Crippen LogP contribution in [0.4, 0.5) is 11.4 Å². The molecule has 1 atom stereocenters. The molecule has 0 aliphatic carbocycles. The number of aliphatic hydroxyl groups excluding tert-OH is 1. The number of hydrogen-bond acceptors (Lipinski definition) is 5. The molecular weight excluding hydrogens is 262 g/mol. The maximum Gasteiger partial charge on any atom is 0.292 e. The van der Waals surface area contributed by atoms with Gasteiger partial charge in [0.15, 0.2) is 0 Å². The Kier molecular flexibility index (Phi) is 4.19. The topological polar surface area (TPSA) is 95.7 Å². The number of carbonyl (C=O) groups is 1. The first-order valence-electron chi connectivity index (χ1n) is 6.43. The van der Waals surface area contributed by atoms with Crippen LogP contribution < -0.4 is 5.32 Å². The average Bonchev–Trinajstić information content (AvgIpc) is 2.94. The number of aliphatic hydroxyl groups is 1. The summed E-state index contributed by atoms with van der Waals surface area (Å²) in [5.74, 6) is -0.0342. The Bertz CT molecular complexity index is 532. The number of nitrogens with one attached hydrogen (secondary N) is 1. The van der Waals surface area contributed by atoms with Crippen molar-refractivity contribution < 1.29 is 14.8 Å². The van der Waals surface area contributed by atoms with Gasteiger partial charge in [0.05, 0.1) is 4.92 Å². The van der Waals surface area contributed by atoms with Gasteiger partial charge in [0, 0.05) is 44.3 Å². The van der Waals surface area contributed by atoms with E-state index in [1.165, 1.54) is 18.2 Å². The van der Waals surface area contributed by atoms with Gasteiger partial charge in [-0.3, -0.25) is 14.9 Å². The Morgan fingerprint density at radius 2 is 2.35 bits per heavy atom. The van der Waals surface area contributed by atoms with Gasteiger partial charge < -0.3 is 15.3 Å². The normalized spacial score (nSPS) is 18.1. The van der Waals surface area contributed by atoms with Crippen LogP contribution >= 0.6 is 0 Å². The van der Waals surface area contributed by atoms with Crippen molar-refractivity contribution in [2.24, 2.45) is 5.92 Å². The van der Waals surface area contributed by atoms with E-state index in [4.69, 9.17) is 5.11 Å². The number of nitro benzene ring substituents is 1. The minimum absolute atomic E-state index is 0.0568. The molecule has 1 aliphatic heterocycles. The number of benzene rings is 1. The third kappa shape index (κ3) is 2.72. The molecule has 2 rings (SSSR count). The number of anilines is 1. The van der Waals surface area contributed by atoms with E-state index in [1.807, 2.05) is 0 Å². The molecule has 7 heteroatoms. The van der Waals surface area contributed by atoms with Crippen LogP contribution in [0.1, 0.15) is 16.8 Å². The smallest absolute Gasteiger partial charge is 0.292 e. The highest BCUT2D eigenvalue weighted by Gasteiger charge is 2.27. The van der Waals surface area contributed by atoms with Gasteiger partial charge in [-0.05, 0) is 18.6 Å². The number of nitrogens with zero attached hydrogens (tertiary/aromatic N) is 2. The largest absolute Gasteiger partial charge is 0.396 e. The van der Waals surface area contributed by atoms with Crippen molar-refractivity contribution in [2.75, 3.05) is 32.1 Å².